The number of amidine groups is 1. The number of nitrogens with one attached hydrogen (secondary N) is 2. The lowest BCUT2D eigenvalue weighted by Gasteiger charge is -2.31. The maximum absolute atomic E-state index is 11.6. The predicted molar refractivity (Wildman–Crippen MR) is 62.4 cm³/mol. The topological polar surface area (TPSA) is 96.0 Å². The molecule has 0 spiro atoms. The summed E-state index contributed by atoms with van der Waals surface area (Å²) in [6, 6.07) is 0. The quantitative estimate of drug-likeness (QED) is 0.450. The summed E-state index contributed by atoms with van der Waals surface area (Å²) in [5.41, 5.74) is 4.54. The van der Waals surface area contributed by atoms with Gasteiger partial charge in [0.15, 0.2) is 0 Å². The van der Waals surface area contributed by atoms with E-state index in [4.69, 9.17) is 11.1 Å². The molecule has 0 amide bonds. The van der Waals surface area contributed by atoms with Crippen LogP contribution in [-0.2, 0) is 10.0 Å². The Morgan fingerprint density at radius 3 is 2.07 bits per heavy atom. The summed E-state index contributed by atoms with van der Waals surface area (Å²) in [6.45, 7) is 5.44. The van der Waals surface area contributed by atoms with E-state index in [-0.39, 0.29) is 11.6 Å². The standard InChI is InChI=1S/C9H21N3O2S/c1-4-7-15(13,14)12-9(5-2,6-3)8(10)11/h12H,4-7H2,1-3H3,(H3,10,11). The molecule has 6 heteroatoms. The van der Waals surface area contributed by atoms with Crippen molar-refractivity contribution in [1.29, 1.82) is 5.41 Å². The normalized spacial score (nSPS) is 12.7. The van der Waals surface area contributed by atoms with Crippen LogP contribution in [0.5, 0.6) is 0 Å². The highest BCUT2D eigenvalue weighted by atomic mass is 32.2. The predicted octanol–water partition coefficient (Wildman–Crippen LogP) is 0.811. The smallest absolute Gasteiger partial charge is 0.212 e. The Morgan fingerprint density at radius 2 is 1.80 bits per heavy atom. The fraction of sp³-hybridized carbons (Fsp3) is 0.889. The van der Waals surface area contributed by atoms with Gasteiger partial charge >= 0.3 is 0 Å². The van der Waals surface area contributed by atoms with E-state index < -0.39 is 15.6 Å². The monoisotopic (exact) mass is 235 g/mol. The van der Waals surface area contributed by atoms with Gasteiger partial charge in [-0.25, -0.2) is 13.1 Å². The summed E-state index contributed by atoms with van der Waals surface area (Å²) in [6.07, 6.45) is 1.53. The third-order valence-corrected chi connectivity index (χ3v) is 4.19. The van der Waals surface area contributed by atoms with Crippen LogP contribution in [0.2, 0.25) is 0 Å². The average Bonchev–Trinajstić information content (AvgIpc) is 2.13. The van der Waals surface area contributed by atoms with Gasteiger partial charge in [-0.05, 0) is 19.3 Å². The Morgan fingerprint density at radius 1 is 1.33 bits per heavy atom. The zero-order valence-electron chi connectivity index (χ0n) is 9.63. The second-order valence-corrected chi connectivity index (χ2v) is 5.47. The largest absolute Gasteiger partial charge is 0.386 e. The zero-order valence-corrected chi connectivity index (χ0v) is 10.4. The van der Waals surface area contributed by atoms with E-state index in [0.717, 1.165) is 0 Å². The summed E-state index contributed by atoms with van der Waals surface area (Å²) in [5.74, 6) is -0.0469. The molecule has 0 saturated carbocycles. The first kappa shape index (κ1) is 14.4. The van der Waals surface area contributed by atoms with Crippen molar-refractivity contribution in [1.82, 2.24) is 4.72 Å². The molecule has 90 valence electrons. The van der Waals surface area contributed by atoms with Crippen LogP contribution in [0.25, 0.3) is 0 Å². The lowest BCUT2D eigenvalue weighted by Crippen LogP contribution is -2.56. The molecular formula is C9H21N3O2S. The summed E-state index contributed by atoms with van der Waals surface area (Å²) in [7, 11) is -3.33. The molecule has 0 aromatic heterocycles. The van der Waals surface area contributed by atoms with Crippen molar-refractivity contribution in [2.24, 2.45) is 5.73 Å². The van der Waals surface area contributed by atoms with E-state index >= 15 is 0 Å². The average molecular weight is 235 g/mol. The molecule has 15 heavy (non-hydrogen) atoms. The van der Waals surface area contributed by atoms with Crippen LogP contribution in [-0.4, -0.2) is 25.5 Å². The van der Waals surface area contributed by atoms with Gasteiger partial charge in [0.05, 0.1) is 11.3 Å². The van der Waals surface area contributed by atoms with Gasteiger partial charge < -0.3 is 5.73 Å². The Balaban J connectivity index is 4.92. The molecule has 0 heterocycles. The SMILES string of the molecule is CCCS(=O)(=O)NC(CC)(CC)C(=N)N. The molecule has 0 saturated heterocycles. The Hall–Kier alpha value is -0.620. The fourth-order valence-corrected chi connectivity index (χ4v) is 3.08. The summed E-state index contributed by atoms with van der Waals surface area (Å²) in [4.78, 5) is 0. The van der Waals surface area contributed by atoms with Crippen LogP contribution in [0.3, 0.4) is 0 Å². The maximum atomic E-state index is 11.6. The van der Waals surface area contributed by atoms with E-state index in [1.165, 1.54) is 0 Å². The first-order chi connectivity index (χ1) is 6.83. The summed E-state index contributed by atoms with van der Waals surface area (Å²) in [5, 5.41) is 7.46. The van der Waals surface area contributed by atoms with Crippen molar-refractivity contribution >= 4 is 15.9 Å². The second kappa shape index (κ2) is 5.46. The van der Waals surface area contributed by atoms with Gasteiger partial charge in [0.25, 0.3) is 0 Å². The van der Waals surface area contributed by atoms with E-state index in [9.17, 15) is 8.42 Å². The Labute approximate surface area is 92.0 Å². The minimum absolute atomic E-state index is 0.0715. The van der Waals surface area contributed by atoms with Crippen molar-refractivity contribution in [2.45, 2.75) is 45.6 Å². The van der Waals surface area contributed by atoms with Gasteiger partial charge in [-0.2, -0.15) is 0 Å². The van der Waals surface area contributed by atoms with Crippen LogP contribution in [0.4, 0.5) is 0 Å². The van der Waals surface area contributed by atoms with Crippen LogP contribution in [0.1, 0.15) is 40.0 Å². The van der Waals surface area contributed by atoms with Crippen LogP contribution >= 0.6 is 0 Å². The van der Waals surface area contributed by atoms with E-state index in [1.807, 2.05) is 13.8 Å². The summed E-state index contributed by atoms with van der Waals surface area (Å²) >= 11 is 0. The van der Waals surface area contributed by atoms with Crippen LogP contribution < -0.4 is 10.5 Å². The summed E-state index contributed by atoms with van der Waals surface area (Å²) < 4.78 is 25.7. The number of sulfonamides is 1. The molecule has 0 aliphatic heterocycles. The number of nitrogens with two attached hydrogens (primary N) is 1. The van der Waals surface area contributed by atoms with Crippen molar-refractivity contribution in [3.63, 3.8) is 0 Å². The minimum Gasteiger partial charge on any atom is -0.386 e. The molecule has 0 aromatic carbocycles. The molecule has 0 aliphatic rings. The fourth-order valence-electron chi connectivity index (χ4n) is 1.45. The van der Waals surface area contributed by atoms with Gasteiger partial charge in [-0.1, -0.05) is 20.8 Å². The number of rotatable bonds is 7. The molecule has 0 rings (SSSR count). The lowest BCUT2D eigenvalue weighted by atomic mass is 9.93. The van der Waals surface area contributed by atoms with Gasteiger partial charge in [-0.3, -0.25) is 5.41 Å². The Bertz CT molecular complexity index is 307. The van der Waals surface area contributed by atoms with Crippen molar-refractivity contribution in [3.05, 3.63) is 0 Å². The molecule has 0 aromatic rings. The number of hydrogen-bond acceptors (Lipinski definition) is 3. The van der Waals surface area contributed by atoms with Crippen molar-refractivity contribution < 1.29 is 8.42 Å². The third kappa shape index (κ3) is 3.79. The highest BCUT2D eigenvalue weighted by molar-refractivity contribution is 7.89. The highest BCUT2D eigenvalue weighted by Crippen LogP contribution is 2.16. The first-order valence-corrected chi connectivity index (χ1v) is 6.85. The van der Waals surface area contributed by atoms with Crippen LogP contribution in [0.15, 0.2) is 0 Å². The van der Waals surface area contributed by atoms with Crippen molar-refractivity contribution in [3.8, 4) is 0 Å². The maximum Gasteiger partial charge on any atom is 0.212 e. The molecule has 0 bridgehead atoms. The minimum atomic E-state index is -3.33. The zero-order chi connectivity index (χ0) is 12.1. The lowest BCUT2D eigenvalue weighted by molar-refractivity contribution is 0.458. The third-order valence-electron chi connectivity index (χ3n) is 2.55. The molecular weight excluding hydrogens is 214 g/mol. The van der Waals surface area contributed by atoms with Gasteiger partial charge in [0.1, 0.15) is 5.84 Å². The molecule has 5 nitrogen and oxygen atoms in total. The van der Waals surface area contributed by atoms with Gasteiger partial charge in [0.2, 0.25) is 10.0 Å². The first-order valence-electron chi connectivity index (χ1n) is 5.19. The Kier molecular flexibility index (Phi) is 5.23. The molecule has 0 fully saturated rings. The molecule has 0 aliphatic carbocycles. The molecule has 0 radical (unpaired) electrons. The molecule has 0 unspecified atom stereocenters. The highest BCUT2D eigenvalue weighted by Gasteiger charge is 2.33. The van der Waals surface area contributed by atoms with Gasteiger partial charge in [-0.15, -0.1) is 0 Å². The van der Waals surface area contributed by atoms with E-state index in [0.29, 0.717) is 19.3 Å². The van der Waals surface area contributed by atoms with E-state index in [1.54, 1.807) is 6.92 Å². The van der Waals surface area contributed by atoms with Crippen LogP contribution in [0, 0.1) is 5.41 Å². The molecule has 4 N–H and O–H groups in total. The number of hydrogen-bond donors (Lipinski definition) is 3. The van der Waals surface area contributed by atoms with Gasteiger partial charge in [0, 0.05) is 0 Å². The molecule has 0 atom stereocenters. The van der Waals surface area contributed by atoms with E-state index in [2.05, 4.69) is 4.72 Å². The van der Waals surface area contributed by atoms with Crippen molar-refractivity contribution in [2.75, 3.05) is 5.75 Å². The second-order valence-electron chi connectivity index (χ2n) is 3.62.